The van der Waals surface area contributed by atoms with Crippen molar-refractivity contribution in [3.63, 3.8) is 0 Å². The molecule has 156 valence electrons. The van der Waals surface area contributed by atoms with Crippen molar-refractivity contribution in [1.82, 2.24) is 0 Å². The van der Waals surface area contributed by atoms with Gasteiger partial charge in [-0.15, -0.1) is 11.8 Å². The molecule has 0 bridgehead atoms. The molecule has 4 heteroatoms. The van der Waals surface area contributed by atoms with Gasteiger partial charge in [-0.2, -0.15) is 0 Å². The first-order valence-corrected chi connectivity index (χ1v) is 13.1. The summed E-state index contributed by atoms with van der Waals surface area (Å²) < 4.78 is 0. The van der Waals surface area contributed by atoms with Crippen molar-refractivity contribution in [3.8, 4) is 0 Å². The molecule has 0 aromatic heterocycles. The summed E-state index contributed by atoms with van der Waals surface area (Å²) in [7, 11) is -2.01. The van der Waals surface area contributed by atoms with Crippen LogP contribution in [0.5, 0.6) is 0 Å². The van der Waals surface area contributed by atoms with E-state index in [1.807, 2.05) is 6.07 Å². The lowest BCUT2D eigenvalue weighted by molar-refractivity contribution is -0.00000573. The average Bonchev–Trinajstić information content (AvgIpc) is 2.84. The average molecular weight is 506 g/mol. The van der Waals surface area contributed by atoms with Gasteiger partial charge in [0.15, 0.2) is 0 Å². The van der Waals surface area contributed by atoms with E-state index in [-0.39, 0.29) is 17.0 Å². The summed E-state index contributed by atoms with van der Waals surface area (Å²) in [6.45, 7) is 0. The molecule has 4 rings (SSSR count). The normalized spacial score (nSPS) is 11.5. The van der Waals surface area contributed by atoms with E-state index in [2.05, 4.69) is 133 Å². The Morgan fingerprint density at radius 2 is 0.968 bits per heavy atom. The Bertz CT molecular complexity index is 990. The highest BCUT2D eigenvalue weighted by atomic mass is 79.9. The van der Waals surface area contributed by atoms with E-state index in [9.17, 15) is 0 Å². The van der Waals surface area contributed by atoms with E-state index in [1.54, 1.807) is 11.8 Å². The minimum Gasteiger partial charge on any atom is -1.00 e. The van der Waals surface area contributed by atoms with E-state index in [0.717, 1.165) is 10.7 Å². The fourth-order valence-electron chi connectivity index (χ4n) is 3.64. The van der Waals surface area contributed by atoms with Gasteiger partial charge in [0.25, 0.3) is 0 Å². The van der Waals surface area contributed by atoms with Gasteiger partial charge in [-0.05, 0) is 54.8 Å². The molecule has 0 spiro atoms. The van der Waals surface area contributed by atoms with Gasteiger partial charge in [-0.1, -0.05) is 72.8 Å². The van der Waals surface area contributed by atoms with Crippen molar-refractivity contribution in [2.75, 3.05) is 11.6 Å². The van der Waals surface area contributed by atoms with Crippen LogP contribution >= 0.6 is 19.0 Å². The van der Waals surface area contributed by atoms with Crippen LogP contribution < -0.4 is 38.2 Å². The van der Waals surface area contributed by atoms with Gasteiger partial charge >= 0.3 is 0 Å². The van der Waals surface area contributed by atoms with Crippen molar-refractivity contribution >= 4 is 40.6 Å². The molecule has 4 aromatic carbocycles. The van der Waals surface area contributed by atoms with Gasteiger partial charge < -0.3 is 22.3 Å². The van der Waals surface area contributed by atoms with Crippen molar-refractivity contribution in [1.29, 1.82) is 0 Å². The second-order valence-electron chi connectivity index (χ2n) is 6.92. The maximum absolute atomic E-state index is 3.65. The summed E-state index contributed by atoms with van der Waals surface area (Å²) in [5.41, 5.74) is 1.10. The van der Waals surface area contributed by atoms with Crippen LogP contribution in [0.1, 0.15) is 0 Å². The predicted molar refractivity (Wildman–Crippen MR) is 137 cm³/mol. The number of halogens is 1. The van der Waals surface area contributed by atoms with E-state index in [4.69, 9.17) is 0 Å². The molecule has 0 aliphatic heterocycles. The molecule has 0 atom stereocenters. The molecule has 0 aliphatic rings. The second kappa shape index (κ2) is 11.3. The lowest BCUT2D eigenvalue weighted by Gasteiger charge is -2.25. The number of anilines is 1. The van der Waals surface area contributed by atoms with Gasteiger partial charge in [0, 0.05) is 5.69 Å². The number of nitrogens with one attached hydrogen (secondary N) is 1. The lowest BCUT2D eigenvalue weighted by Crippen LogP contribution is -3.00. The smallest absolute Gasteiger partial charge is 0.139 e. The maximum atomic E-state index is 3.65. The van der Waals surface area contributed by atoms with E-state index in [0.29, 0.717) is 0 Å². The third-order valence-electron chi connectivity index (χ3n) is 5.06. The van der Waals surface area contributed by atoms with Crippen LogP contribution in [0.2, 0.25) is 0 Å². The Kier molecular flexibility index (Phi) is 8.54. The molecule has 0 saturated heterocycles. The number of thioether (sulfide) groups is 1. The van der Waals surface area contributed by atoms with Gasteiger partial charge in [0.2, 0.25) is 0 Å². The van der Waals surface area contributed by atoms with Crippen molar-refractivity contribution in [3.05, 3.63) is 132 Å². The molecule has 0 amide bonds. The Hall–Kier alpha value is -2.32. The zero-order valence-electron chi connectivity index (χ0n) is 17.4. The SMILES string of the molecule is CS/C(=C/[P+](c1ccccc1)(c1ccccc1)c1ccccc1)Nc1ccccc1.[Br-]. The molecule has 0 unspecified atom stereocenters. The molecule has 31 heavy (non-hydrogen) atoms. The quantitative estimate of drug-likeness (QED) is 0.387. The van der Waals surface area contributed by atoms with Crippen LogP contribution in [0.25, 0.3) is 0 Å². The topological polar surface area (TPSA) is 12.0 Å². The van der Waals surface area contributed by atoms with Crippen molar-refractivity contribution in [2.45, 2.75) is 0 Å². The molecular formula is C27H25BrNPS. The lowest BCUT2D eigenvalue weighted by atomic mass is 10.3. The predicted octanol–water partition coefficient (Wildman–Crippen LogP) is 3.26. The zero-order chi connectivity index (χ0) is 20.7. The second-order valence-corrected chi connectivity index (χ2v) is 11.0. The largest absolute Gasteiger partial charge is 1.00 e. The first-order valence-electron chi connectivity index (χ1n) is 9.97. The van der Waals surface area contributed by atoms with Gasteiger partial charge in [-0.25, -0.2) is 0 Å². The highest BCUT2D eigenvalue weighted by Crippen LogP contribution is 2.58. The van der Waals surface area contributed by atoms with Gasteiger partial charge in [-0.3, -0.25) is 0 Å². The third-order valence-corrected chi connectivity index (χ3v) is 9.88. The number of para-hydroxylation sites is 1. The highest BCUT2D eigenvalue weighted by molar-refractivity contribution is 8.04. The summed E-state index contributed by atoms with van der Waals surface area (Å²) >= 11 is 1.75. The van der Waals surface area contributed by atoms with Crippen LogP contribution in [-0.2, 0) is 0 Å². The van der Waals surface area contributed by atoms with E-state index >= 15 is 0 Å². The van der Waals surface area contributed by atoms with Crippen molar-refractivity contribution < 1.29 is 17.0 Å². The molecule has 4 aromatic rings. The fraction of sp³-hybridized carbons (Fsp3) is 0.0370. The summed E-state index contributed by atoms with van der Waals surface area (Å²) in [5.74, 6) is 2.48. The minimum absolute atomic E-state index is 0. The van der Waals surface area contributed by atoms with Crippen LogP contribution in [0, 0.1) is 0 Å². The van der Waals surface area contributed by atoms with E-state index in [1.165, 1.54) is 15.9 Å². The first kappa shape index (κ1) is 23.3. The molecule has 1 nitrogen and oxygen atoms in total. The molecule has 1 N–H and O–H groups in total. The molecule has 0 saturated carbocycles. The third kappa shape index (κ3) is 5.30. The summed E-state index contributed by atoms with van der Waals surface area (Å²) in [6, 6.07) is 43.2. The van der Waals surface area contributed by atoms with Gasteiger partial charge in [0.05, 0.1) is 0 Å². The van der Waals surface area contributed by atoms with Crippen molar-refractivity contribution in [2.24, 2.45) is 0 Å². The summed E-state index contributed by atoms with van der Waals surface area (Å²) in [6.07, 6.45) is 2.14. The zero-order valence-corrected chi connectivity index (χ0v) is 20.7. The number of hydrogen-bond donors (Lipinski definition) is 1. The van der Waals surface area contributed by atoms with E-state index < -0.39 is 7.26 Å². The highest BCUT2D eigenvalue weighted by Gasteiger charge is 2.44. The molecule has 0 aliphatic carbocycles. The number of rotatable bonds is 7. The maximum Gasteiger partial charge on any atom is 0.139 e. The molecule has 0 radical (unpaired) electrons. The number of benzene rings is 4. The standard InChI is InChI=1S/C27H25NPS.BrH/c1-30-27(28-23-14-6-2-7-15-23)22-29(24-16-8-3-9-17-24,25-18-10-4-11-19-25)26-20-12-5-13-21-26;/h2-22,28H,1H3;1H/q+1;/p-1/b27-22+;. The molecule has 0 heterocycles. The molecule has 0 fully saturated rings. The Morgan fingerprint density at radius 3 is 1.32 bits per heavy atom. The Morgan fingerprint density at radius 1 is 0.613 bits per heavy atom. The van der Waals surface area contributed by atoms with Crippen LogP contribution in [0.3, 0.4) is 0 Å². The van der Waals surface area contributed by atoms with Crippen LogP contribution in [0.15, 0.2) is 132 Å². The first-order chi connectivity index (χ1) is 14.8. The Labute approximate surface area is 200 Å². The fourth-order valence-corrected chi connectivity index (χ4v) is 8.44. The van der Waals surface area contributed by atoms with Gasteiger partial charge in [0.1, 0.15) is 34.0 Å². The molecular weight excluding hydrogens is 481 g/mol. The number of hydrogen-bond acceptors (Lipinski definition) is 2. The summed E-state index contributed by atoms with van der Waals surface area (Å²) in [4.78, 5) is 0. The Balaban J connectivity index is 0.00000272. The van der Waals surface area contributed by atoms with Crippen LogP contribution in [0.4, 0.5) is 5.69 Å². The summed E-state index contributed by atoms with van der Waals surface area (Å²) in [5, 5.41) is 8.86. The minimum atomic E-state index is -2.01. The monoisotopic (exact) mass is 505 g/mol. The van der Waals surface area contributed by atoms with Crippen LogP contribution in [-0.4, -0.2) is 6.26 Å².